The summed E-state index contributed by atoms with van der Waals surface area (Å²) in [4.78, 5) is 2.75. The quantitative estimate of drug-likeness (QED) is 0.836. The molecule has 2 unspecified atom stereocenters. The second-order valence-corrected chi connectivity index (χ2v) is 8.59. The van der Waals surface area contributed by atoms with E-state index in [9.17, 15) is 0 Å². The predicted octanol–water partition coefficient (Wildman–Crippen LogP) is 3.11. The summed E-state index contributed by atoms with van der Waals surface area (Å²) < 4.78 is 0. The van der Waals surface area contributed by atoms with Gasteiger partial charge in [0.1, 0.15) is 0 Å². The minimum atomic E-state index is 0.296. The summed E-state index contributed by atoms with van der Waals surface area (Å²) >= 11 is 2.12. The molecule has 0 aromatic heterocycles. The zero-order valence-electron chi connectivity index (χ0n) is 12.5. The van der Waals surface area contributed by atoms with E-state index in [0.717, 1.165) is 11.8 Å². The van der Waals surface area contributed by atoms with Crippen LogP contribution in [0.2, 0.25) is 0 Å². The van der Waals surface area contributed by atoms with E-state index < -0.39 is 0 Å². The molecule has 1 aliphatic carbocycles. The Labute approximate surface area is 117 Å². The minimum Gasteiger partial charge on any atom is -0.329 e. The molecule has 0 radical (unpaired) electrons. The average Bonchev–Trinajstić information content (AvgIpc) is 2.34. The summed E-state index contributed by atoms with van der Waals surface area (Å²) in [6.07, 6.45) is 5.24. The molecule has 3 heteroatoms. The van der Waals surface area contributed by atoms with Gasteiger partial charge in [-0.15, -0.1) is 0 Å². The van der Waals surface area contributed by atoms with Crippen molar-refractivity contribution in [3.8, 4) is 0 Å². The van der Waals surface area contributed by atoms with Crippen molar-refractivity contribution in [3.05, 3.63) is 0 Å². The third-order valence-corrected chi connectivity index (χ3v) is 6.75. The van der Waals surface area contributed by atoms with Crippen LogP contribution in [-0.2, 0) is 0 Å². The van der Waals surface area contributed by atoms with E-state index in [1.807, 2.05) is 0 Å². The van der Waals surface area contributed by atoms with E-state index in [1.54, 1.807) is 0 Å². The lowest BCUT2D eigenvalue weighted by molar-refractivity contribution is -0.000345. The number of thioether (sulfide) groups is 1. The summed E-state index contributed by atoms with van der Waals surface area (Å²) in [5.74, 6) is 1.27. The summed E-state index contributed by atoms with van der Waals surface area (Å²) in [5, 5.41) is 0.747. The summed E-state index contributed by atoms with van der Waals surface area (Å²) in [6.45, 7) is 11.7. The summed E-state index contributed by atoms with van der Waals surface area (Å²) in [6, 6.07) is 0.675. The molecule has 1 heterocycles. The second-order valence-electron chi connectivity index (χ2n) is 7.10. The van der Waals surface area contributed by atoms with Crippen LogP contribution in [0, 0.1) is 5.41 Å². The number of hydrogen-bond donors (Lipinski definition) is 1. The Morgan fingerprint density at radius 1 is 1.17 bits per heavy atom. The van der Waals surface area contributed by atoms with E-state index in [0.29, 0.717) is 17.0 Å². The summed E-state index contributed by atoms with van der Waals surface area (Å²) in [7, 11) is 0. The van der Waals surface area contributed by atoms with E-state index in [1.165, 1.54) is 38.0 Å². The molecule has 1 aliphatic heterocycles. The Bertz CT molecular complexity index is 280. The molecule has 0 aromatic carbocycles. The molecule has 0 bridgehead atoms. The molecule has 0 spiro atoms. The van der Waals surface area contributed by atoms with Gasteiger partial charge in [-0.3, -0.25) is 4.90 Å². The molecule has 2 atom stereocenters. The van der Waals surface area contributed by atoms with Crippen molar-refractivity contribution in [2.75, 3.05) is 18.8 Å². The van der Waals surface area contributed by atoms with E-state index >= 15 is 0 Å². The molecular formula is C15H30N2S. The van der Waals surface area contributed by atoms with Crippen molar-refractivity contribution >= 4 is 11.8 Å². The molecule has 1 saturated carbocycles. The van der Waals surface area contributed by atoms with Crippen LogP contribution in [0.15, 0.2) is 0 Å². The van der Waals surface area contributed by atoms with Gasteiger partial charge in [0.05, 0.1) is 0 Å². The molecule has 2 N–H and O–H groups in total. The fourth-order valence-electron chi connectivity index (χ4n) is 3.60. The Morgan fingerprint density at radius 3 is 2.33 bits per heavy atom. The van der Waals surface area contributed by atoms with Crippen molar-refractivity contribution in [2.45, 2.75) is 70.2 Å². The van der Waals surface area contributed by atoms with Crippen LogP contribution in [0.4, 0.5) is 0 Å². The smallest absolute Gasteiger partial charge is 0.0335 e. The zero-order chi connectivity index (χ0) is 13.4. The van der Waals surface area contributed by atoms with Crippen molar-refractivity contribution < 1.29 is 0 Å². The zero-order valence-corrected chi connectivity index (χ0v) is 13.4. The molecule has 2 aliphatic rings. The molecular weight excluding hydrogens is 240 g/mol. The Kier molecular flexibility index (Phi) is 4.35. The standard InChI is InChI=1S/C15H30N2S/c1-12-13(2)18-10-9-17(12)15(11-16)7-5-14(3,4)6-8-15/h12-13H,5-11,16H2,1-4H3. The maximum absolute atomic E-state index is 6.22. The number of rotatable bonds is 2. The fraction of sp³-hybridized carbons (Fsp3) is 1.00. The first-order chi connectivity index (χ1) is 8.40. The van der Waals surface area contributed by atoms with E-state index in [4.69, 9.17) is 5.73 Å². The number of nitrogens with zero attached hydrogens (tertiary/aromatic N) is 1. The highest BCUT2D eigenvalue weighted by molar-refractivity contribution is 8.00. The highest BCUT2D eigenvalue weighted by Crippen LogP contribution is 2.44. The lowest BCUT2D eigenvalue weighted by atomic mass is 9.68. The molecule has 0 amide bonds. The third kappa shape index (κ3) is 2.73. The van der Waals surface area contributed by atoms with Crippen LogP contribution in [-0.4, -0.2) is 40.6 Å². The Hall–Kier alpha value is 0.270. The third-order valence-electron chi connectivity index (χ3n) is 5.41. The van der Waals surface area contributed by atoms with Gasteiger partial charge in [-0.2, -0.15) is 11.8 Å². The van der Waals surface area contributed by atoms with E-state index in [-0.39, 0.29) is 0 Å². The van der Waals surface area contributed by atoms with Crippen LogP contribution < -0.4 is 5.73 Å². The fourth-order valence-corrected chi connectivity index (χ4v) is 4.70. The van der Waals surface area contributed by atoms with Crippen LogP contribution in [0.5, 0.6) is 0 Å². The van der Waals surface area contributed by atoms with Gasteiger partial charge in [0.15, 0.2) is 0 Å². The van der Waals surface area contributed by atoms with Gasteiger partial charge in [0.2, 0.25) is 0 Å². The largest absolute Gasteiger partial charge is 0.329 e. The van der Waals surface area contributed by atoms with Crippen LogP contribution in [0.3, 0.4) is 0 Å². The first kappa shape index (κ1) is 14.7. The lowest BCUT2D eigenvalue weighted by Crippen LogP contribution is -2.62. The summed E-state index contributed by atoms with van der Waals surface area (Å²) in [5.41, 5.74) is 7.04. The van der Waals surface area contributed by atoms with Crippen LogP contribution >= 0.6 is 11.8 Å². The molecule has 106 valence electrons. The first-order valence-electron chi connectivity index (χ1n) is 7.49. The van der Waals surface area contributed by atoms with Gasteiger partial charge in [-0.25, -0.2) is 0 Å². The predicted molar refractivity (Wildman–Crippen MR) is 82.1 cm³/mol. The van der Waals surface area contributed by atoms with Crippen molar-refractivity contribution in [2.24, 2.45) is 11.1 Å². The van der Waals surface area contributed by atoms with Crippen molar-refractivity contribution in [1.29, 1.82) is 0 Å². The highest BCUT2D eigenvalue weighted by Gasteiger charge is 2.45. The van der Waals surface area contributed by atoms with Gasteiger partial charge >= 0.3 is 0 Å². The second kappa shape index (κ2) is 5.34. The average molecular weight is 270 g/mol. The van der Waals surface area contributed by atoms with Crippen LogP contribution in [0.1, 0.15) is 53.4 Å². The molecule has 0 aromatic rings. The van der Waals surface area contributed by atoms with Gasteiger partial charge in [-0.1, -0.05) is 20.8 Å². The Morgan fingerprint density at radius 2 is 1.78 bits per heavy atom. The van der Waals surface area contributed by atoms with E-state index in [2.05, 4.69) is 44.4 Å². The molecule has 18 heavy (non-hydrogen) atoms. The molecule has 2 rings (SSSR count). The van der Waals surface area contributed by atoms with Gasteiger partial charge in [-0.05, 0) is 38.0 Å². The molecule has 2 fully saturated rings. The lowest BCUT2D eigenvalue weighted by Gasteiger charge is -2.54. The van der Waals surface area contributed by atoms with Crippen LogP contribution in [0.25, 0.3) is 0 Å². The highest BCUT2D eigenvalue weighted by atomic mass is 32.2. The minimum absolute atomic E-state index is 0.296. The monoisotopic (exact) mass is 270 g/mol. The van der Waals surface area contributed by atoms with Crippen molar-refractivity contribution in [1.82, 2.24) is 4.90 Å². The maximum Gasteiger partial charge on any atom is 0.0335 e. The Balaban J connectivity index is 2.12. The topological polar surface area (TPSA) is 29.3 Å². The number of hydrogen-bond acceptors (Lipinski definition) is 3. The molecule has 1 saturated heterocycles. The van der Waals surface area contributed by atoms with Gasteiger partial charge in [0, 0.05) is 35.7 Å². The SMILES string of the molecule is CC1SCCN(C2(CN)CCC(C)(C)CC2)C1C. The maximum atomic E-state index is 6.22. The molecule has 2 nitrogen and oxygen atoms in total. The first-order valence-corrected chi connectivity index (χ1v) is 8.54. The van der Waals surface area contributed by atoms with Gasteiger partial charge in [0.25, 0.3) is 0 Å². The normalized spacial score (nSPS) is 36.5. The van der Waals surface area contributed by atoms with Crippen molar-refractivity contribution in [3.63, 3.8) is 0 Å². The number of nitrogens with two attached hydrogens (primary N) is 1. The van der Waals surface area contributed by atoms with Gasteiger partial charge < -0.3 is 5.73 Å².